The molecule has 0 unspecified atom stereocenters. The number of rotatable bonds is 9. The maximum Gasteiger partial charge on any atom is 0.339 e. The van der Waals surface area contributed by atoms with Crippen molar-refractivity contribution in [2.24, 2.45) is 0 Å². The van der Waals surface area contributed by atoms with E-state index in [1.54, 1.807) is 12.1 Å². The molecule has 1 aliphatic rings. The van der Waals surface area contributed by atoms with Gasteiger partial charge in [-0.05, 0) is 30.3 Å². The first-order valence-electron chi connectivity index (χ1n) is 14.4. The predicted octanol–water partition coefficient (Wildman–Crippen LogP) is 0.0875. The van der Waals surface area contributed by atoms with Crippen LogP contribution < -0.4 is 20.1 Å². The Morgan fingerprint density at radius 2 is 1.27 bits per heavy atom. The van der Waals surface area contributed by atoms with E-state index in [0.29, 0.717) is 25.3 Å². The van der Waals surface area contributed by atoms with Crippen molar-refractivity contribution in [1.82, 2.24) is 34.4 Å². The van der Waals surface area contributed by atoms with Crippen molar-refractivity contribution in [1.29, 1.82) is 0 Å². The van der Waals surface area contributed by atoms with Crippen LogP contribution in [0.5, 0.6) is 5.75 Å². The summed E-state index contributed by atoms with van der Waals surface area (Å²) in [6.07, 6.45) is 0. The molecule has 1 fully saturated rings. The summed E-state index contributed by atoms with van der Waals surface area (Å²) in [5, 5.41) is 10.2. The van der Waals surface area contributed by atoms with Crippen molar-refractivity contribution in [2.75, 3.05) is 80.5 Å². The number of hydrogen-bond donors (Lipinski definition) is 3. The van der Waals surface area contributed by atoms with Crippen molar-refractivity contribution in [3.05, 3.63) is 54.2 Å². The molecule has 0 spiro atoms. The number of nitrogens with one attached hydrogen (secondary N) is 3. The Morgan fingerprint density at radius 1 is 0.733 bits per heavy atom. The van der Waals surface area contributed by atoms with Gasteiger partial charge in [0.2, 0.25) is 20.0 Å². The van der Waals surface area contributed by atoms with Crippen molar-refractivity contribution in [2.45, 2.75) is 21.2 Å². The fourth-order valence-corrected chi connectivity index (χ4v) is 7.90. The van der Waals surface area contributed by atoms with E-state index in [4.69, 9.17) is 9.17 Å². The van der Waals surface area contributed by atoms with Crippen LogP contribution in [-0.2, 0) is 36.7 Å². The van der Waals surface area contributed by atoms with E-state index in [2.05, 4.69) is 20.9 Å². The summed E-state index contributed by atoms with van der Waals surface area (Å²) >= 11 is 0. The van der Waals surface area contributed by atoms with E-state index in [9.17, 15) is 25.3 Å². The number of aromatic nitrogens is 1. The van der Waals surface area contributed by atoms with Crippen molar-refractivity contribution < 1.29 is 29.4 Å². The average molecular weight is 684 g/mol. The molecule has 0 bridgehead atoms. The zero-order chi connectivity index (χ0) is 32.8. The number of sulfonamides is 2. The molecule has 4 rings (SSSR count). The second-order valence-corrected chi connectivity index (χ2v) is 16.6. The quantitative estimate of drug-likeness (QED) is 0.260. The van der Waals surface area contributed by atoms with Gasteiger partial charge >= 0.3 is 10.1 Å². The third-order valence-electron chi connectivity index (χ3n) is 7.21. The molecule has 1 aromatic heterocycles. The summed E-state index contributed by atoms with van der Waals surface area (Å²) in [5.41, 5.74) is 0.276. The molecular weight excluding hydrogens is 643 g/mol. The standard InChI is InChI=1S/C28H41N7O7S3/c1-33(2)43(36,37)25-20-26(44(38,39)34(3)4)28(42-45(40,41)23-8-6-5-7-9-23)27-24(25)11-10-22(32-27)21-35-18-16-30-14-12-29-13-15-31-17-19-35/h5-11,20,29-31H,12-19,21H2,1-4H3. The number of benzene rings is 2. The maximum absolute atomic E-state index is 13.6. The second kappa shape index (κ2) is 14.8. The fourth-order valence-electron chi connectivity index (χ4n) is 4.66. The van der Waals surface area contributed by atoms with Crippen LogP contribution in [-0.4, -0.2) is 124 Å². The van der Waals surface area contributed by atoms with Crippen LogP contribution in [0.2, 0.25) is 0 Å². The maximum atomic E-state index is 13.6. The first-order valence-corrected chi connectivity index (χ1v) is 18.7. The van der Waals surface area contributed by atoms with E-state index in [0.717, 1.165) is 53.9 Å². The summed E-state index contributed by atoms with van der Waals surface area (Å²) in [6, 6.07) is 11.4. The largest absolute Gasteiger partial charge is 0.375 e. The number of hydrogen-bond acceptors (Lipinski definition) is 12. The number of nitrogens with zero attached hydrogens (tertiary/aromatic N) is 4. The Morgan fingerprint density at radius 3 is 1.82 bits per heavy atom. The van der Waals surface area contributed by atoms with E-state index < -0.39 is 40.8 Å². The minimum Gasteiger partial charge on any atom is -0.375 e. The summed E-state index contributed by atoms with van der Waals surface area (Å²) in [5.74, 6) is -0.577. The first kappa shape index (κ1) is 35.1. The van der Waals surface area contributed by atoms with Crippen molar-refractivity contribution in [3.63, 3.8) is 0 Å². The molecule has 2 aromatic carbocycles. The molecule has 45 heavy (non-hydrogen) atoms. The van der Waals surface area contributed by atoms with E-state index >= 15 is 0 Å². The molecule has 17 heteroatoms. The second-order valence-electron chi connectivity index (χ2n) is 10.9. The van der Waals surface area contributed by atoms with Gasteiger partial charge in [0, 0.05) is 92.5 Å². The van der Waals surface area contributed by atoms with Crippen LogP contribution >= 0.6 is 0 Å². The van der Waals surface area contributed by atoms with Crippen molar-refractivity contribution in [3.8, 4) is 5.75 Å². The van der Waals surface area contributed by atoms with E-state index in [-0.39, 0.29) is 20.7 Å². The van der Waals surface area contributed by atoms with Crippen molar-refractivity contribution >= 4 is 41.1 Å². The molecular formula is C28H41N7O7S3. The van der Waals surface area contributed by atoms with Gasteiger partial charge in [0.1, 0.15) is 15.3 Å². The highest BCUT2D eigenvalue weighted by molar-refractivity contribution is 7.90. The van der Waals surface area contributed by atoms with Crippen LogP contribution in [0.4, 0.5) is 0 Å². The number of pyridine rings is 1. The Hall–Kier alpha value is -2.74. The highest BCUT2D eigenvalue weighted by Gasteiger charge is 2.34. The molecule has 0 amide bonds. The van der Waals surface area contributed by atoms with Crippen LogP contribution in [0.25, 0.3) is 10.9 Å². The lowest BCUT2D eigenvalue weighted by Crippen LogP contribution is -2.41. The molecule has 3 aromatic rings. The smallest absolute Gasteiger partial charge is 0.339 e. The first-order chi connectivity index (χ1) is 21.2. The van der Waals surface area contributed by atoms with E-state index in [1.165, 1.54) is 58.5 Å². The molecule has 248 valence electrons. The highest BCUT2D eigenvalue weighted by Crippen LogP contribution is 2.39. The molecule has 1 saturated heterocycles. The van der Waals surface area contributed by atoms with E-state index in [1.807, 2.05) is 0 Å². The molecule has 14 nitrogen and oxygen atoms in total. The summed E-state index contributed by atoms with van der Waals surface area (Å²) in [7, 11) is -8.05. The Bertz CT molecular complexity index is 1790. The SMILES string of the molecule is CN(C)S(=O)(=O)c1cc(S(=O)(=O)N(C)C)c2ccc(CN3CCNCCNCCNCC3)nc2c1OS(=O)(=O)c1ccccc1. The topological polar surface area (TPSA) is 170 Å². The Kier molecular flexibility index (Phi) is 11.5. The summed E-state index contributed by atoms with van der Waals surface area (Å²) in [6.45, 7) is 6.45. The number of fused-ring (bicyclic) bond motifs is 1. The Balaban J connectivity index is 1.92. The Labute approximate surface area is 266 Å². The normalized spacial score (nSPS) is 16.8. The van der Waals surface area contributed by atoms with Gasteiger partial charge in [0.15, 0.2) is 5.75 Å². The van der Waals surface area contributed by atoms with Gasteiger partial charge in [0.25, 0.3) is 0 Å². The third kappa shape index (κ3) is 8.35. The lowest BCUT2D eigenvalue weighted by Gasteiger charge is -2.24. The highest BCUT2D eigenvalue weighted by atomic mass is 32.2. The zero-order valence-electron chi connectivity index (χ0n) is 25.9. The lowest BCUT2D eigenvalue weighted by atomic mass is 10.1. The predicted molar refractivity (Wildman–Crippen MR) is 172 cm³/mol. The van der Waals surface area contributed by atoms with Gasteiger partial charge in [-0.25, -0.2) is 30.4 Å². The lowest BCUT2D eigenvalue weighted by molar-refractivity contribution is 0.260. The van der Waals surface area contributed by atoms with Crippen LogP contribution in [0.15, 0.2) is 63.2 Å². The minimum absolute atomic E-state index is 0.0212. The third-order valence-corrected chi connectivity index (χ3v) is 12.1. The summed E-state index contributed by atoms with van der Waals surface area (Å²) < 4.78 is 88.6. The molecule has 0 radical (unpaired) electrons. The van der Waals surface area contributed by atoms with Gasteiger partial charge in [-0.1, -0.05) is 18.2 Å². The molecule has 0 saturated carbocycles. The molecule has 3 N–H and O–H groups in total. The van der Waals surface area contributed by atoms with Gasteiger partial charge < -0.3 is 20.1 Å². The fraction of sp³-hybridized carbons (Fsp3) is 0.464. The summed E-state index contributed by atoms with van der Waals surface area (Å²) in [4.78, 5) is 5.66. The van der Waals surface area contributed by atoms with Crippen LogP contribution in [0, 0.1) is 0 Å². The van der Waals surface area contributed by atoms with Crippen LogP contribution in [0.3, 0.4) is 0 Å². The van der Waals surface area contributed by atoms with Gasteiger partial charge in [-0.3, -0.25) is 4.90 Å². The van der Waals surface area contributed by atoms with Gasteiger partial charge in [0.05, 0.1) is 10.6 Å². The minimum atomic E-state index is -4.56. The van der Waals surface area contributed by atoms with Crippen LogP contribution in [0.1, 0.15) is 5.69 Å². The van der Waals surface area contributed by atoms with Gasteiger partial charge in [-0.2, -0.15) is 8.42 Å². The molecule has 1 aliphatic heterocycles. The molecule has 0 aliphatic carbocycles. The zero-order valence-corrected chi connectivity index (χ0v) is 28.3. The monoisotopic (exact) mass is 683 g/mol. The molecule has 2 heterocycles. The average Bonchev–Trinajstić information content (AvgIpc) is 2.98. The molecule has 0 atom stereocenters. The van der Waals surface area contributed by atoms with Gasteiger partial charge in [-0.15, -0.1) is 0 Å².